The van der Waals surface area contributed by atoms with Crippen molar-refractivity contribution < 1.29 is 18.1 Å². The molecule has 13 heteroatoms. The molecule has 0 bridgehead atoms. The van der Waals surface area contributed by atoms with Crippen LogP contribution in [-0.2, 0) is 21.9 Å². The van der Waals surface area contributed by atoms with Crippen LogP contribution in [0.15, 0.2) is 76.8 Å². The molecule has 4 aromatic rings. The summed E-state index contributed by atoms with van der Waals surface area (Å²) in [5.41, 5.74) is 3.13. The lowest BCUT2D eigenvalue weighted by Gasteiger charge is -2.09. The van der Waals surface area contributed by atoms with E-state index < -0.39 is 14.9 Å². The second-order valence-electron chi connectivity index (χ2n) is 8.45. The number of hydrogen-bond acceptors (Lipinski definition) is 8. The third-order valence-electron chi connectivity index (χ3n) is 5.59. The van der Waals surface area contributed by atoms with Gasteiger partial charge in [-0.3, -0.25) is 19.6 Å². The molecule has 0 spiro atoms. The molecule has 2 N–H and O–H groups in total. The zero-order valence-electron chi connectivity index (χ0n) is 20.7. The van der Waals surface area contributed by atoms with Crippen LogP contribution in [-0.4, -0.2) is 39.8 Å². The molecule has 3 aromatic carbocycles. The van der Waals surface area contributed by atoms with Crippen LogP contribution in [0.3, 0.4) is 0 Å². The molecule has 0 aliphatic rings. The van der Waals surface area contributed by atoms with Gasteiger partial charge in [-0.05, 0) is 61.9 Å². The molecule has 0 fully saturated rings. The van der Waals surface area contributed by atoms with Crippen molar-refractivity contribution in [2.24, 2.45) is 7.05 Å². The molecule has 1 amide bonds. The van der Waals surface area contributed by atoms with E-state index in [1.165, 1.54) is 30.0 Å². The molecule has 1 heterocycles. The first-order valence-corrected chi connectivity index (χ1v) is 13.8. The number of nitrogens with zero attached hydrogens (tertiary/aromatic N) is 4. The van der Waals surface area contributed by atoms with Crippen molar-refractivity contribution in [2.75, 3.05) is 15.8 Å². The SMILES string of the molecule is Cc1ccc(S(=O)(=O)Nc2ccc(-c3nnc(SCC(=O)Nc4ccc([N+](=O)[O-])cc4C)n3C)cc2)cc1. The maximum Gasteiger partial charge on any atom is 0.269 e. The predicted molar refractivity (Wildman–Crippen MR) is 146 cm³/mol. The fraction of sp³-hybridized carbons (Fsp3) is 0.160. The normalized spacial score (nSPS) is 11.2. The number of nitro benzene ring substituents is 1. The highest BCUT2D eigenvalue weighted by Gasteiger charge is 2.16. The second-order valence-corrected chi connectivity index (χ2v) is 11.1. The van der Waals surface area contributed by atoms with Crippen molar-refractivity contribution in [3.8, 4) is 11.4 Å². The Bertz CT molecular complexity index is 1600. The number of non-ortho nitro benzene ring substituents is 1. The zero-order chi connectivity index (χ0) is 27.4. The first-order valence-electron chi connectivity index (χ1n) is 11.3. The Morgan fingerprint density at radius 3 is 2.34 bits per heavy atom. The van der Waals surface area contributed by atoms with E-state index in [9.17, 15) is 23.3 Å². The average Bonchev–Trinajstić information content (AvgIpc) is 3.24. The number of hydrogen-bond donors (Lipinski definition) is 2. The summed E-state index contributed by atoms with van der Waals surface area (Å²) in [5.74, 6) is 0.316. The number of aromatic nitrogens is 3. The van der Waals surface area contributed by atoms with Crippen molar-refractivity contribution in [3.63, 3.8) is 0 Å². The Labute approximate surface area is 223 Å². The van der Waals surface area contributed by atoms with Gasteiger partial charge in [0.15, 0.2) is 11.0 Å². The van der Waals surface area contributed by atoms with E-state index in [4.69, 9.17) is 0 Å². The van der Waals surface area contributed by atoms with E-state index in [2.05, 4.69) is 20.2 Å². The van der Waals surface area contributed by atoms with Crippen molar-refractivity contribution in [3.05, 3.63) is 88.0 Å². The molecular weight excluding hydrogens is 528 g/mol. The molecule has 0 saturated carbocycles. The van der Waals surface area contributed by atoms with E-state index in [-0.39, 0.29) is 22.2 Å². The van der Waals surface area contributed by atoms with E-state index in [0.29, 0.717) is 27.9 Å². The number of rotatable bonds is 9. The Kier molecular flexibility index (Phi) is 7.78. The summed E-state index contributed by atoms with van der Waals surface area (Å²) in [6.07, 6.45) is 0. The topological polar surface area (TPSA) is 149 Å². The van der Waals surface area contributed by atoms with Crippen LogP contribution in [0.25, 0.3) is 11.4 Å². The molecule has 0 saturated heterocycles. The number of nitrogens with one attached hydrogen (secondary N) is 2. The van der Waals surface area contributed by atoms with E-state index in [1.54, 1.807) is 67.1 Å². The van der Waals surface area contributed by atoms with Gasteiger partial charge >= 0.3 is 0 Å². The lowest BCUT2D eigenvalue weighted by atomic mass is 10.2. The number of aryl methyl sites for hydroxylation is 2. The fourth-order valence-electron chi connectivity index (χ4n) is 3.53. The summed E-state index contributed by atoms with van der Waals surface area (Å²) < 4.78 is 29.6. The van der Waals surface area contributed by atoms with Crippen LogP contribution >= 0.6 is 11.8 Å². The van der Waals surface area contributed by atoms with Gasteiger partial charge in [0.1, 0.15) is 0 Å². The minimum absolute atomic E-state index is 0.0433. The standard InChI is InChI=1S/C25H24N6O5S2/c1-16-4-11-21(12-5-16)38(35,36)29-19-8-6-18(7-9-19)24-27-28-25(30(24)3)37-15-23(32)26-22-13-10-20(31(33)34)14-17(22)2/h4-14,29H,15H2,1-3H3,(H,26,32). The van der Waals surface area contributed by atoms with Gasteiger partial charge in [0, 0.05) is 36.1 Å². The number of sulfonamides is 1. The number of anilines is 2. The van der Waals surface area contributed by atoms with Gasteiger partial charge in [0.25, 0.3) is 15.7 Å². The molecule has 11 nitrogen and oxygen atoms in total. The van der Waals surface area contributed by atoms with Crippen molar-refractivity contribution in [1.29, 1.82) is 0 Å². The lowest BCUT2D eigenvalue weighted by molar-refractivity contribution is -0.384. The smallest absolute Gasteiger partial charge is 0.269 e. The molecule has 4 rings (SSSR count). The second kappa shape index (κ2) is 11.0. The summed E-state index contributed by atoms with van der Waals surface area (Å²) in [4.78, 5) is 23.0. The van der Waals surface area contributed by atoms with Gasteiger partial charge in [-0.25, -0.2) is 8.42 Å². The zero-order valence-corrected chi connectivity index (χ0v) is 22.3. The van der Waals surface area contributed by atoms with Gasteiger partial charge < -0.3 is 9.88 Å². The molecular formula is C25H24N6O5S2. The van der Waals surface area contributed by atoms with Crippen molar-refractivity contribution >= 4 is 44.8 Å². The summed E-state index contributed by atoms with van der Waals surface area (Å²) in [5, 5.41) is 22.5. The fourth-order valence-corrected chi connectivity index (χ4v) is 5.30. The highest BCUT2D eigenvalue weighted by atomic mass is 32.2. The van der Waals surface area contributed by atoms with Crippen LogP contribution in [0.2, 0.25) is 0 Å². The molecule has 0 aliphatic carbocycles. The summed E-state index contributed by atoms with van der Waals surface area (Å²) in [6.45, 7) is 3.57. The first kappa shape index (κ1) is 26.8. The predicted octanol–water partition coefficient (Wildman–Crippen LogP) is 4.54. The van der Waals surface area contributed by atoms with Crippen LogP contribution < -0.4 is 10.0 Å². The van der Waals surface area contributed by atoms with Gasteiger partial charge in [0.2, 0.25) is 5.91 Å². The minimum Gasteiger partial charge on any atom is -0.325 e. The average molecular weight is 553 g/mol. The number of carbonyl (C=O) groups is 1. The molecule has 0 aliphatic heterocycles. The lowest BCUT2D eigenvalue weighted by Crippen LogP contribution is -2.15. The van der Waals surface area contributed by atoms with Gasteiger partial charge in [-0.15, -0.1) is 10.2 Å². The number of nitro groups is 1. The first-order chi connectivity index (χ1) is 18.0. The number of benzene rings is 3. The van der Waals surface area contributed by atoms with E-state index >= 15 is 0 Å². The van der Waals surface area contributed by atoms with Crippen LogP contribution in [0.4, 0.5) is 17.1 Å². The highest BCUT2D eigenvalue weighted by Crippen LogP contribution is 2.26. The highest BCUT2D eigenvalue weighted by molar-refractivity contribution is 7.99. The molecule has 38 heavy (non-hydrogen) atoms. The maximum absolute atomic E-state index is 12.6. The number of amides is 1. The molecule has 0 atom stereocenters. The Balaban J connectivity index is 1.38. The number of carbonyl (C=O) groups excluding carboxylic acids is 1. The summed E-state index contributed by atoms with van der Waals surface area (Å²) in [7, 11) is -1.94. The third-order valence-corrected chi connectivity index (χ3v) is 8.01. The van der Waals surface area contributed by atoms with Crippen LogP contribution in [0.5, 0.6) is 0 Å². The van der Waals surface area contributed by atoms with E-state index in [1.807, 2.05) is 6.92 Å². The summed E-state index contributed by atoms with van der Waals surface area (Å²) >= 11 is 1.19. The quantitative estimate of drug-likeness (QED) is 0.175. The van der Waals surface area contributed by atoms with Crippen molar-refractivity contribution in [1.82, 2.24) is 14.8 Å². The van der Waals surface area contributed by atoms with E-state index in [0.717, 1.165) is 11.1 Å². The Morgan fingerprint density at radius 2 is 1.71 bits per heavy atom. The van der Waals surface area contributed by atoms with Gasteiger partial charge in [-0.2, -0.15) is 0 Å². The number of thioether (sulfide) groups is 1. The maximum atomic E-state index is 12.6. The molecule has 196 valence electrons. The van der Waals surface area contributed by atoms with Crippen LogP contribution in [0, 0.1) is 24.0 Å². The molecule has 0 radical (unpaired) electrons. The van der Waals surface area contributed by atoms with Gasteiger partial charge in [0.05, 0.1) is 15.6 Å². The largest absolute Gasteiger partial charge is 0.325 e. The Hall–Kier alpha value is -4.23. The van der Waals surface area contributed by atoms with Crippen molar-refractivity contribution in [2.45, 2.75) is 23.9 Å². The third kappa shape index (κ3) is 6.18. The minimum atomic E-state index is -3.71. The van der Waals surface area contributed by atoms with Crippen LogP contribution in [0.1, 0.15) is 11.1 Å². The van der Waals surface area contributed by atoms with Gasteiger partial charge in [-0.1, -0.05) is 29.5 Å². The monoisotopic (exact) mass is 552 g/mol. The molecule has 0 unspecified atom stereocenters. The molecule has 1 aromatic heterocycles. The Morgan fingerprint density at radius 1 is 1.03 bits per heavy atom. The summed E-state index contributed by atoms with van der Waals surface area (Å²) in [6, 6.07) is 17.6.